The molecule has 1 heterocycles. The molecule has 25 heavy (non-hydrogen) atoms. The highest BCUT2D eigenvalue weighted by Crippen LogP contribution is 2.34. The van der Waals surface area contributed by atoms with Crippen LogP contribution in [-0.2, 0) is 4.79 Å². The zero-order chi connectivity index (χ0) is 17.8. The van der Waals surface area contributed by atoms with E-state index in [1.54, 1.807) is 7.11 Å². The van der Waals surface area contributed by atoms with E-state index >= 15 is 0 Å². The lowest BCUT2D eigenvalue weighted by molar-refractivity contribution is -0.121. The Morgan fingerprint density at radius 2 is 1.84 bits per heavy atom. The minimum Gasteiger partial charge on any atom is -0.497 e. The Balaban J connectivity index is 2.00. The second-order valence-corrected chi connectivity index (χ2v) is 6.54. The fourth-order valence-electron chi connectivity index (χ4n) is 3.19. The molecule has 0 saturated carbocycles. The average Bonchev–Trinajstić information content (AvgIpc) is 3.03. The number of para-hydroxylation sites is 1. The van der Waals surface area contributed by atoms with Gasteiger partial charge in [0, 0.05) is 35.5 Å². The van der Waals surface area contributed by atoms with Crippen molar-refractivity contribution in [3.63, 3.8) is 0 Å². The van der Waals surface area contributed by atoms with Crippen LogP contribution in [0.4, 0.5) is 0 Å². The van der Waals surface area contributed by atoms with Gasteiger partial charge in [-0.25, -0.2) is 0 Å². The van der Waals surface area contributed by atoms with Gasteiger partial charge in [0.2, 0.25) is 5.91 Å². The number of carbonyl (C=O) groups excluding carboxylic acids is 1. The van der Waals surface area contributed by atoms with Crippen LogP contribution in [0.5, 0.6) is 5.75 Å². The van der Waals surface area contributed by atoms with E-state index in [0.717, 1.165) is 27.8 Å². The van der Waals surface area contributed by atoms with E-state index in [-0.39, 0.29) is 17.9 Å². The van der Waals surface area contributed by atoms with Gasteiger partial charge in [-0.05, 0) is 43.2 Å². The Labute approximate surface area is 148 Å². The molecule has 3 rings (SSSR count). The maximum Gasteiger partial charge on any atom is 0.221 e. The number of aromatic amines is 1. The van der Waals surface area contributed by atoms with Crippen LogP contribution in [0.15, 0.2) is 54.7 Å². The number of hydrogen-bond acceptors (Lipinski definition) is 2. The molecule has 1 amide bonds. The van der Waals surface area contributed by atoms with Gasteiger partial charge in [-0.2, -0.15) is 0 Å². The second-order valence-electron chi connectivity index (χ2n) is 6.54. The number of hydrogen-bond donors (Lipinski definition) is 2. The van der Waals surface area contributed by atoms with Crippen molar-refractivity contribution < 1.29 is 9.53 Å². The van der Waals surface area contributed by atoms with Crippen molar-refractivity contribution in [1.29, 1.82) is 0 Å². The van der Waals surface area contributed by atoms with Crippen LogP contribution >= 0.6 is 0 Å². The molecular formula is C21H24N2O2. The van der Waals surface area contributed by atoms with Crippen LogP contribution in [0.1, 0.15) is 37.3 Å². The first-order valence-corrected chi connectivity index (χ1v) is 8.58. The van der Waals surface area contributed by atoms with Crippen molar-refractivity contribution in [2.45, 2.75) is 32.2 Å². The molecule has 2 aromatic carbocycles. The van der Waals surface area contributed by atoms with Crippen LogP contribution in [0.25, 0.3) is 10.9 Å². The summed E-state index contributed by atoms with van der Waals surface area (Å²) < 4.78 is 5.26. The van der Waals surface area contributed by atoms with E-state index in [0.29, 0.717) is 6.42 Å². The molecule has 130 valence electrons. The van der Waals surface area contributed by atoms with E-state index in [4.69, 9.17) is 4.74 Å². The lowest BCUT2D eigenvalue weighted by atomic mass is 9.88. The predicted molar refractivity (Wildman–Crippen MR) is 101 cm³/mol. The van der Waals surface area contributed by atoms with Crippen LogP contribution < -0.4 is 10.1 Å². The number of H-pyrrole nitrogens is 1. The molecule has 2 N–H and O–H groups in total. The highest BCUT2D eigenvalue weighted by Gasteiger charge is 2.21. The van der Waals surface area contributed by atoms with Gasteiger partial charge in [0.1, 0.15) is 5.75 Å². The van der Waals surface area contributed by atoms with Gasteiger partial charge in [0.05, 0.1) is 7.11 Å². The molecule has 0 fully saturated rings. The van der Waals surface area contributed by atoms with E-state index in [2.05, 4.69) is 22.4 Å². The standard InChI is InChI=1S/C21H24N2O2/c1-14(2)23-21(24)12-18(15-8-10-16(25-3)11-9-15)19-13-22-20-7-5-4-6-17(19)20/h4-11,13-14,18,22H,12H2,1-3H3,(H,23,24)/t18-/m1/s1. The molecule has 0 aliphatic rings. The number of carbonyl (C=O) groups is 1. The quantitative estimate of drug-likeness (QED) is 0.708. The number of ether oxygens (including phenoxy) is 1. The highest BCUT2D eigenvalue weighted by atomic mass is 16.5. The van der Waals surface area contributed by atoms with E-state index in [9.17, 15) is 4.79 Å². The summed E-state index contributed by atoms with van der Waals surface area (Å²) in [4.78, 5) is 15.8. The minimum atomic E-state index is -0.0131. The van der Waals surface area contributed by atoms with Crippen LogP contribution in [0.2, 0.25) is 0 Å². The third-order valence-corrected chi connectivity index (χ3v) is 4.35. The second kappa shape index (κ2) is 7.43. The van der Waals surface area contributed by atoms with Crippen LogP contribution in [0, 0.1) is 0 Å². The summed E-state index contributed by atoms with van der Waals surface area (Å²) in [7, 11) is 1.65. The fraction of sp³-hybridized carbons (Fsp3) is 0.286. The zero-order valence-electron chi connectivity index (χ0n) is 14.9. The average molecular weight is 336 g/mol. The lowest BCUT2D eigenvalue weighted by Crippen LogP contribution is -2.31. The molecule has 0 aliphatic carbocycles. The van der Waals surface area contributed by atoms with Crippen molar-refractivity contribution in [3.8, 4) is 5.75 Å². The summed E-state index contributed by atoms with van der Waals surface area (Å²) >= 11 is 0. The Morgan fingerprint density at radius 3 is 2.52 bits per heavy atom. The summed E-state index contributed by atoms with van der Waals surface area (Å²) in [6.45, 7) is 3.96. The molecule has 0 radical (unpaired) electrons. The number of aromatic nitrogens is 1. The monoisotopic (exact) mass is 336 g/mol. The largest absolute Gasteiger partial charge is 0.497 e. The summed E-state index contributed by atoms with van der Waals surface area (Å²) in [6, 6.07) is 16.3. The van der Waals surface area contributed by atoms with Gasteiger partial charge in [-0.15, -0.1) is 0 Å². The van der Waals surface area contributed by atoms with Crippen molar-refractivity contribution >= 4 is 16.8 Å². The number of benzene rings is 2. The normalized spacial score (nSPS) is 12.3. The topological polar surface area (TPSA) is 54.1 Å². The van der Waals surface area contributed by atoms with E-state index in [1.165, 1.54) is 0 Å². The number of methoxy groups -OCH3 is 1. The molecule has 3 aromatic rings. The summed E-state index contributed by atoms with van der Waals surface area (Å²) in [6.07, 6.45) is 2.43. The summed E-state index contributed by atoms with van der Waals surface area (Å²) in [5, 5.41) is 4.16. The van der Waals surface area contributed by atoms with Gasteiger partial charge in [-0.1, -0.05) is 30.3 Å². The maximum absolute atomic E-state index is 12.4. The molecule has 0 unspecified atom stereocenters. The molecular weight excluding hydrogens is 312 g/mol. The minimum absolute atomic E-state index is 0.0131. The first-order valence-electron chi connectivity index (χ1n) is 8.58. The molecule has 1 atom stereocenters. The lowest BCUT2D eigenvalue weighted by Gasteiger charge is -2.18. The van der Waals surface area contributed by atoms with Crippen molar-refractivity contribution in [2.75, 3.05) is 7.11 Å². The molecule has 4 heteroatoms. The van der Waals surface area contributed by atoms with E-state index < -0.39 is 0 Å². The predicted octanol–water partition coefficient (Wildman–Crippen LogP) is 4.22. The first-order chi connectivity index (χ1) is 12.1. The van der Waals surface area contributed by atoms with Crippen LogP contribution in [0.3, 0.4) is 0 Å². The first kappa shape index (κ1) is 17.1. The molecule has 0 saturated heterocycles. The SMILES string of the molecule is COc1ccc([C@@H](CC(=O)NC(C)C)c2c[nH]c3ccccc23)cc1. The van der Waals surface area contributed by atoms with E-state index in [1.807, 2.05) is 56.4 Å². The number of amides is 1. The van der Waals surface area contributed by atoms with Crippen molar-refractivity contribution in [2.24, 2.45) is 0 Å². The fourth-order valence-corrected chi connectivity index (χ4v) is 3.19. The molecule has 0 bridgehead atoms. The van der Waals surface area contributed by atoms with Crippen LogP contribution in [-0.4, -0.2) is 24.0 Å². The van der Waals surface area contributed by atoms with Gasteiger partial charge in [0.25, 0.3) is 0 Å². The summed E-state index contributed by atoms with van der Waals surface area (Å²) in [5.74, 6) is 0.856. The highest BCUT2D eigenvalue weighted by molar-refractivity contribution is 5.86. The maximum atomic E-state index is 12.4. The Hall–Kier alpha value is -2.75. The number of fused-ring (bicyclic) bond motifs is 1. The number of nitrogens with one attached hydrogen (secondary N) is 2. The Morgan fingerprint density at radius 1 is 1.12 bits per heavy atom. The van der Waals surface area contributed by atoms with Gasteiger partial charge in [0.15, 0.2) is 0 Å². The molecule has 1 aromatic heterocycles. The smallest absolute Gasteiger partial charge is 0.221 e. The molecule has 0 aliphatic heterocycles. The van der Waals surface area contributed by atoms with Gasteiger partial charge in [-0.3, -0.25) is 4.79 Å². The third-order valence-electron chi connectivity index (χ3n) is 4.35. The Bertz CT molecular complexity index is 850. The summed E-state index contributed by atoms with van der Waals surface area (Å²) in [5.41, 5.74) is 3.32. The van der Waals surface area contributed by atoms with Gasteiger partial charge >= 0.3 is 0 Å². The van der Waals surface area contributed by atoms with Crippen molar-refractivity contribution in [3.05, 3.63) is 65.9 Å². The third kappa shape index (κ3) is 3.85. The zero-order valence-corrected chi connectivity index (χ0v) is 14.9. The number of rotatable bonds is 6. The molecule has 0 spiro atoms. The Kier molecular flexibility index (Phi) is 5.08. The van der Waals surface area contributed by atoms with Crippen molar-refractivity contribution in [1.82, 2.24) is 10.3 Å². The van der Waals surface area contributed by atoms with Gasteiger partial charge < -0.3 is 15.0 Å². The molecule has 4 nitrogen and oxygen atoms in total.